The van der Waals surface area contributed by atoms with E-state index in [9.17, 15) is 23.1 Å². The first kappa shape index (κ1) is 23.1. The quantitative estimate of drug-likeness (QED) is 0.522. The molecule has 0 heterocycles. The SMILES string of the molecule is O=C(N[C@@H](CC/C=C/S(=O)(=O)OCc1ccccc1)C(=O)O)OCc1ccccc1. The minimum absolute atomic E-state index is 0.00983. The molecule has 0 spiro atoms. The second-order valence-corrected chi connectivity index (χ2v) is 7.78. The molecule has 30 heavy (non-hydrogen) atoms. The van der Waals surface area contributed by atoms with E-state index in [1.165, 1.54) is 6.08 Å². The number of benzene rings is 2. The lowest BCUT2D eigenvalue weighted by atomic mass is 10.1. The number of allylic oxidation sites excluding steroid dienone is 1. The van der Waals surface area contributed by atoms with E-state index < -0.39 is 28.2 Å². The minimum Gasteiger partial charge on any atom is -0.480 e. The van der Waals surface area contributed by atoms with E-state index >= 15 is 0 Å². The first-order valence-corrected chi connectivity index (χ1v) is 10.6. The van der Waals surface area contributed by atoms with Gasteiger partial charge in [-0.15, -0.1) is 0 Å². The van der Waals surface area contributed by atoms with E-state index in [-0.39, 0.29) is 26.1 Å². The third-order valence-corrected chi connectivity index (χ3v) is 4.89. The van der Waals surface area contributed by atoms with Crippen LogP contribution in [0.4, 0.5) is 4.79 Å². The van der Waals surface area contributed by atoms with Crippen LogP contribution in [0.3, 0.4) is 0 Å². The Morgan fingerprint density at radius 2 is 1.53 bits per heavy atom. The fraction of sp³-hybridized carbons (Fsp3) is 0.238. The van der Waals surface area contributed by atoms with Gasteiger partial charge in [-0.05, 0) is 24.0 Å². The van der Waals surface area contributed by atoms with Crippen molar-refractivity contribution in [3.05, 3.63) is 83.3 Å². The zero-order valence-electron chi connectivity index (χ0n) is 16.1. The van der Waals surface area contributed by atoms with Crippen LogP contribution in [-0.4, -0.2) is 31.6 Å². The number of hydrogen-bond donors (Lipinski definition) is 2. The molecule has 0 saturated heterocycles. The van der Waals surface area contributed by atoms with Crippen molar-refractivity contribution < 1.29 is 32.0 Å². The normalized spacial score (nSPS) is 12.4. The number of amides is 1. The molecular weight excluding hydrogens is 410 g/mol. The van der Waals surface area contributed by atoms with Gasteiger partial charge in [-0.1, -0.05) is 66.7 Å². The van der Waals surface area contributed by atoms with Crippen molar-refractivity contribution in [2.24, 2.45) is 0 Å². The van der Waals surface area contributed by atoms with Crippen LogP contribution in [0.5, 0.6) is 0 Å². The Labute approximate surface area is 175 Å². The summed E-state index contributed by atoms with van der Waals surface area (Å²) in [7, 11) is -3.90. The van der Waals surface area contributed by atoms with Crippen LogP contribution in [0.2, 0.25) is 0 Å². The summed E-state index contributed by atoms with van der Waals surface area (Å²) in [5, 5.41) is 12.4. The third kappa shape index (κ3) is 8.89. The molecule has 2 N–H and O–H groups in total. The van der Waals surface area contributed by atoms with Crippen LogP contribution >= 0.6 is 0 Å². The van der Waals surface area contributed by atoms with Gasteiger partial charge in [0.2, 0.25) is 0 Å². The number of ether oxygens (including phenoxy) is 1. The lowest BCUT2D eigenvalue weighted by Gasteiger charge is -2.13. The summed E-state index contributed by atoms with van der Waals surface area (Å²) in [6, 6.07) is 16.5. The molecule has 2 aromatic carbocycles. The predicted octanol–water partition coefficient (Wildman–Crippen LogP) is 3.21. The molecule has 0 aliphatic carbocycles. The molecule has 0 aliphatic heterocycles. The van der Waals surface area contributed by atoms with Crippen LogP contribution in [0.1, 0.15) is 24.0 Å². The smallest absolute Gasteiger partial charge is 0.408 e. The lowest BCUT2D eigenvalue weighted by molar-refractivity contribution is -0.139. The molecule has 0 radical (unpaired) electrons. The summed E-state index contributed by atoms with van der Waals surface area (Å²) in [5.74, 6) is -1.25. The Kier molecular flexibility index (Phi) is 9.04. The Morgan fingerprint density at radius 3 is 2.10 bits per heavy atom. The topological polar surface area (TPSA) is 119 Å². The van der Waals surface area contributed by atoms with E-state index in [1.807, 2.05) is 12.1 Å². The molecule has 1 amide bonds. The van der Waals surface area contributed by atoms with Gasteiger partial charge in [-0.3, -0.25) is 4.18 Å². The minimum atomic E-state index is -3.90. The van der Waals surface area contributed by atoms with Gasteiger partial charge in [0.05, 0.1) is 12.0 Å². The average molecular weight is 433 g/mol. The van der Waals surface area contributed by atoms with Crippen LogP contribution in [0.25, 0.3) is 0 Å². The summed E-state index contributed by atoms with van der Waals surface area (Å²) in [6.45, 7) is -0.0873. The summed E-state index contributed by atoms with van der Waals surface area (Å²) >= 11 is 0. The van der Waals surface area contributed by atoms with Crippen molar-refractivity contribution in [1.29, 1.82) is 0 Å². The van der Waals surface area contributed by atoms with E-state index in [4.69, 9.17) is 8.92 Å². The molecule has 0 saturated carbocycles. The van der Waals surface area contributed by atoms with Gasteiger partial charge in [0.1, 0.15) is 12.6 Å². The Balaban J connectivity index is 1.76. The van der Waals surface area contributed by atoms with Gasteiger partial charge in [-0.25, -0.2) is 9.59 Å². The molecular formula is C21H23NO7S. The first-order chi connectivity index (χ1) is 14.4. The fourth-order valence-electron chi connectivity index (χ4n) is 2.38. The first-order valence-electron chi connectivity index (χ1n) is 9.15. The van der Waals surface area contributed by atoms with Crippen molar-refractivity contribution in [3.63, 3.8) is 0 Å². The molecule has 0 aromatic heterocycles. The second kappa shape index (κ2) is 11.7. The maximum Gasteiger partial charge on any atom is 0.408 e. The molecule has 0 bridgehead atoms. The highest BCUT2D eigenvalue weighted by molar-refractivity contribution is 7.89. The van der Waals surface area contributed by atoms with Crippen LogP contribution in [0.15, 0.2) is 72.1 Å². The molecule has 0 unspecified atom stereocenters. The molecule has 2 rings (SSSR count). The molecule has 0 aliphatic rings. The van der Waals surface area contributed by atoms with Crippen LogP contribution < -0.4 is 5.32 Å². The summed E-state index contributed by atoms with van der Waals surface area (Å²) in [4.78, 5) is 23.1. The van der Waals surface area contributed by atoms with Crippen LogP contribution in [-0.2, 0) is 37.0 Å². The summed E-state index contributed by atoms with van der Waals surface area (Å²) in [6.07, 6.45) is 0.506. The highest BCUT2D eigenvalue weighted by Crippen LogP contribution is 2.07. The summed E-state index contributed by atoms with van der Waals surface area (Å²) < 4.78 is 33.6. The number of carbonyl (C=O) groups excluding carboxylic acids is 1. The molecule has 9 heteroatoms. The lowest BCUT2D eigenvalue weighted by Crippen LogP contribution is -2.40. The molecule has 8 nitrogen and oxygen atoms in total. The van der Waals surface area contributed by atoms with Crippen molar-refractivity contribution in [3.8, 4) is 0 Å². The van der Waals surface area contributed by atoms with Gasteiger partial charge in [-0.2, -0.15) is 8.42 Å². The van der Waals surface area contributed by atoms with E-state index in [1.54, 1.807) is 48.5 Å². The number of alkyl carbamates (subject to hydrolysis) is 1. The summed E-state index contributed by atoms with van der Waals surface area (Å²) in [5.41, 5.74) is 1.47. The largest absolute Gasteiger partial charge is 0.480 e. The maximum absolute atomic E-state index is 11.9. The second-order valence-electron chi connectivity index (χ2n) is 6.29. The molecule has 0 fully saturated rings. The molecule has 2 aromatic rings. The maximum atomic E-state index is 11.9. The van der Waals surface area contributed by atoms with Crippen molar-refractivity contribution in [2.45, 2.75) is 32.1 Å². The Morgan fingerprint density at radius 1 is 0.967 bits per heavy atom. The average Bonchev–Trinajstić information content (AvgIpc) is 2.74. The predicted molar refractivity (Wildman–Crippen MR) is 110 cm³/mol. The highest BCUT2D eigenvalue weighted by atomic mass is 32.2. The number of nitrogens with one attached hydrogen (secondary N) is 1. The number of hydrogen-bond acceptors (Lipinski definition) is 6. The standard InChI is InChI=1S/C21H23NO7S/c23-20(24)19(22-21(25)28-15-17-9-3-1-4-10-17)13-7-8-14-30(26,27)29-16-18-11-5-2-6-12-18/h1-6,8-12,14,19H,7,13,15-16H2,(H,22,25)(H,23,24)/b14-8+/t19-/m0/s1. The van der Waals surface area contributed by atoms with Crippen molar-refractivity contribution >= 4 is 22.2 Å². The van der Waals surface area contributed by atoms with Gasteiger partial charge in [0.15, 0.2) is 0 Å². The number of carboxylic acids is 1. The fourth-order valence-corrected chi connectivity index (χ4v) is 3.13. The molecule has 160 valence electrons. The van der Waals surface area contributed by atoms with Gasteiger partial charge in [0, 0.05) is 0 Å². The number of carboxylic acid groups (broad SMARTS) is 1. The van der Waals surface area contributed by atoms with Gasteiger partial charge >= 0.3 is 12.1 Å². The van der Waals surface area contributed by atoms with E-state index in [0.29, 0.717) is 5.56 Å². The van der Waals surface area contributed by atoms with Gasteiger partial charge < -0.3 is 15.2 Å². The number of carbonyl (C=O) groups is 2. The molecule has 1 atom stereocenters. The van der Waals surface area contributed by atoms with Gasteiger partial charge in [0.25, 0.3) is 10.1 Å². The van der Waals surface area contributed by atoms with E-state index in [2.05, 4.69) is 5.32 Å². The van der Waals surface area contributed by atoms with Crippen molar-refractivity contribution in [1.82, 2.24) is 5.32 Å². The highest BCUT2D eigenvalue weighted by Gasteiger charge is 2.20. The monoisotopic (exact) mass is 433 g/mol. The number of rotatable bonds is 11. The van der Waals surface area contributed by atoms with Crippen molar-refractivity contribution in [2.75, 3.05) is 0 Å². The Hall–Kier alpha value is -3.17. The van der Waals surface area contributed by atoms with E-state index in [0.717, 1.165) is 11.0 Å². The van der Waals surface area contributed by atoms with Crippen LogP contribution in [0, 0.1) is 0 Å². The third-order valence-electron chi connectivity index (χ3n) is 3.92. The zero-order chi connectivity index (χ0) is 21.8. The Bertz CT molecular complexity index is 944. The zero-order valence-corrected chi connectivity index (χ0v) is 17.0. The number of aliphatic carboxylic acids is 1.